The number of nitrogens with two attached hydrogens (primary N) is 1. The maximum absolute atomic E-state index is 13.4. The topological polar surface area (TPSA) is 98.9 Å². The Morgan fingerprint density at radius 2 is 1.61 bits per heavy atom. The second-order valence-corrected chi connectivity index (χ2v) is 8.41. The minimum absolute atomic E-state index is 0.0746. The molecule has 0 radical (unpaired) electrons. The fourth-order valence-corrected chi connectivity index (χ4v) is 4.95. The summed E-state index contributed by atoms with van der Waals surface area (Å²) in [5, 5.41) is -0.143. The van der Waals surface area contributed by atoms with Crippen LogP contribution in [0, 0.1) is 0 Å². The van der Waals surface area contributed by atoms with Crippen LogP contribution in [0.25, 0.3) is 0 Å². The minimum Gasteiger partial charge on any atom is -0.448 e. The van der Waals surface area contributed by atoms with Crippen LogP contribution < -0.4 is 5.73 Å². The van der Waals surface area contributed by atoms with Crippen molar-refractivity contribution in [2.24, 2.45) is 5.73 Å². The normalized spacial score (nSPS) is 18.9. The van der Waals surface area contributed by atoms with E-state index in [1.165, 1.54) is 23.6 Å². The van der Waals surface area contributed by atoms with E-state index in [2.05, 4.69) is 0 Å². The lowest BCUT2D eigenvalue weighted by atomic mass is 10.0. The number of amides is 1. The van der Waals surface area contributed by atoms with E-state index in [0.29, 0.717) is 17.7 Å². The summed E-state index contributed by atoms with van der Waals surface area (Å²) in [5.41, 5.74) is 8.09. The highest BCUT2D eigenvalue weighted by Crippen LogP contribution is 2.42. The molecule has 0 aliphatic carbocycles. The van der Waals surface area contributed by atoms with E-state index < -0.39 is 24.3 Å². The molecule has 2 heterocycles. The van der Waals surface area contributed by atoms with Crippen LogP contribution >= 0.6 is 11.8 Å². The summed E-state index contributed by atoms with van der Waals surface area (Å²) in [5.74, 6) is -1.06. The van der Waals surface area contributed by atoms with E-state index in [1.54, 1.807) is 0 Å². The molecule has 1 fully saturated rings. The zero-order valence-corrected chi connectivity index (χ0v) is 17.7. The van der Waals surface area contributed by atoms with Crippen LogP contribution in [0.3, 0.4) is 0 Å². The molecule has 4 rings (SSSR count). The summed E-state index contributed by atoms with van der Waals surface area (Å²) in [7, 11) is 0. The van der Waals surface area contributed by atoms with Gasteiger partial charge in [-0.15, -0.1) is 11.8 Å². The molecule has 31 heavy (non-hydrogen) atoms. The number of benzene rings is 2. The smallest absolute Gasteiger partial charge is 0.356 e. The van der Waals surface area contributed by atoms with Crippen molar-refractivity contribution in [3.63, 3.8) is 0 Å². The van der Waals surface area contributed by atoms with Crippen molar-refractivity contribution in [1.82, 2.24) is 4.90 Å². The predicted molar refractivity (Wildman–Crippen MR) is 115 cm³/mol. The number of β-lactam (4-membered cyclic amide) rings is 1. The molecule has 0 spiro atoms. The number of hydrogen-bond acceptors (Lipinski definition) is 7. The predicted octanol–water partition coefficient (Wildman–Crippen LogP) is 2.73. The van der Waals surface area contributed by atoms with Gasteiger partial charge in [-0.1, -0.05) is 60.7 Å². The first kappa shape index (κ1) is 21.1. The van der Waals surface area contributed by atoms with Gasteiger partial charge in [-0.2, -0.15) is 0 Å². The molecular weight excluding hydrogens is 416 g/mol. The number of esters is 2. The third-order valence-electron chi connectivity index (χ3n) is 5.14. The van der Waals surface area contributed by atoms with Gasteiger partial charge in [-0.25, -0.2) is 4.79 Å². The van der Waals surface area contributed by atoms with Crippen LogP contribution in [0.5, 0.6) is 0 Å². The first-order valence-corrected chi connectivity index (χ1v) is 10.9. The lowest BCUT2D eigenvalue weighted by Crippen LogP contribution is -2.55. The molecule has 2 aliphatic heterocycles. The number of fused-ring (bicyclic) bond motifs is 1. The third kappa shape index (κ3) is 4.35. The van der Waals surface area contributed by atoms with Gasteiger partial charge in [-0.3, -0.25) is 20.2 Å². The largest absolute Gasteiger partial charge is 0.448 e. The molecule has 2 N–H and O–H groups in total. The van der Waals surface area contributed by atoms with Crippen molar-refractivity contribution in [3.05, 3.63) is 83.1 Å². The van der Waals surface area contributed by atoms with E-state index in [4.69, 9.17) is 15.2 Å². The fourth-order valence-electron chi connectivity index (χ4n) is 3.64. The Hall–Kier alpha value is -3.10. The Labute approximate surface area is 184 Å². The van der Waals surface area contributed by atoms with E-state index >= 15 is 0 Å². The highest BCUT2D eigenvalue weighted by Gasteiger charge is 2.47. The summed E-state index contributed by atoms with van der Waals surface area (Å²) >= 11 is 1.48. The molecule has 160 valence electrons. The van der Waals surface area contributed by atoms with Crippen molar-refractivity contribution >= 4 is 29.6 Å². The van der Waals surface area contributed by atoms with Crippen molar-refractivity contribution in [2.45, 2.75) is 31.1 Å². The van der Waals surface area contributed by atoms with Gasteiger partial charge in [0.15, 0.2) is 12.3 Å². The Morgan fingerprint density at radius 1 is 1.03 bits per heavy atom. The Kier molecular flexibility index (Phi) is 6.11. The van der Waals surface area contributed by atoms with Crippen molar-refractivity contribution < 1.29 is 23.9 Å². The first-order valence-electron chi connectivity index (χ1n) is 9.86. The maximum atomic E-state index is 13.4. The van der Waals surface area contributed by atoms with Crippen LogP contribution in [0.4, 0.5) is 0 Å². The number of nitrogens with zero attached hydrogens (tertiary/aromatic N) is 1. The fraction of sp³-hybridized carbons (Fsp3) is 0.261. The molecule has 7 nitrogen and oxygen atoms in total. The number of thioether (sulfide) groups is 1. The third-order valence-corrected chi connectivity index (χ3v) is 6.38. The summed E-state index contributed by atoms with van der Waals surface area (Å²) < 4.78 is 11.1. The average Bonchev–Trinajstić information content (AvgIpc) is 2.76. The van der Waals surface area contributed by atoms with Crippen molar-refractivity contribution in [2.75, 3.05) is 5.75 Å². The van der Waals surface area contributed by atoms with Gasteiger partial charge < -0.3 is 9.47 Å². The highest BCUT2D eigenvalue weighted by atomic mass is 32.2. The number of rotatable bonds is 6. The summed E-state index contributed by atoms with van der Waals surface area (Å²) in [4.78, 5) is 38.6. The monoisotopic (exact) mass is 438 g/mol. The van der Waals surface area contributed by atoms with E-state index in [-0.39, 0.29) is 17.0 Å². The van der Waals surface area contributed by atoms with Crippen LogP contribution in [0.2, 0.25) is 0 Å². The van der Waals surface area contributed by atoms with Crippen molar-refractivity contribution in [3.8, 4) is 0 Å². The average molecular weight is 439 g/mol. The van der Waals surface area contributed by atoms with Gasteiger partial charge in [0.2, 0.25) is 5.91 Å². The molecule has 8 heteroatoms. The zero-order chi connectivity index (χ0) is 22.0. The minimum atomic E-state index is -1.13. The van der Waals surface area contributed by atoms with Crippen molar-refractivity contribution in [1.29, 1.82) is 0 Å². The first-order chi connectivity index (χ1) is 15.0. The second kappa shape index (κ2) is 8.95. The molecule has 2 aromatic rings. The number of ether oxygens (including phenoxy) is 2. The van der Waals surface area contributed by atoms with E-state index in [1.807, 2.05) is 60.7 Å². The zero-order valence-electron chi connectivity index (χ0n) is 16.9. The molecular formula is C23H22N2O5S. The number of carbonyl (C=O) groups is 3. The van der Waals surface area contributed by atoms with Gasteiger partial charge in [0, 0.05) is 18.2 Å². The SMILES string of the molecule is CC(=O)OC(N)C1=C(C(=O)OC(c2ccccc2)c2ccccc2)N2C(=O)C[C@H]2SC1. The standard InChI is InChI=1S/C23H22N2O5S/c1-14(26)29-22(24)17-13-31-19-12-18(27)25(19)20(17)23(28)30-21(15-8-4-2-5-9-15)16-10-6-3-7-11-16/h2-11,19,21-22H,12-13,24H2,1H3/t19-,22?/m1/s1. The van der Waals surface area contributed by atoms with Gasteiger partial charge in [-0.05, 0) is 11.1 Å². The second-order valence-electron chi connectivity index (χ2n) is 7.24. The molecule has 0 saturated carbocycles. The van der Waals surface area contributed by atoms with Crippen LogP contribution in [0.1, 0.15) is 30.6 Å². The molecule has 0 bridgehead atoms. The highest BCUT2D eigenvalue weighted by molar-refractivity contribution is 8.00. The van der Waals surface area contributed by atoms with E-state index in [0.717, 1.165) is 11.1 Å². The summed E-state index contributed by atoms with van der Waals surface area (Å²) in [6.45, 7) is 1.24. The molecule has 1 amide bonds. The molecule has 2 aromatic carbocycles. The molecule has 2 aliphatic rings. The maximum Gasteiger partial charge on any atom is 0.356 e. The van der Waals surface area contributed by atoms with Gasteiger partial charge in [0.1, 0.15) is 5.70 Å². The Balaban J connectivity index is 1.71. The summed E-state index contributed by atoms with van der Waals surface area (Å²) in [6, 6.07) is 18.7. The Morgan fingerprint density at radius 3 is 2.13 bits per heavy atom. The quantitative estimate of drug-likeness (QED) is 0.421. The Bertz CT molecular complexity index is 985. The molecule has 2 atom stereocenters. The van der Waals surface area contributed by atoms with E-state index in [9.17, 15) is 14.4 Å². The van der Waals surface area contributed by atoms with Gasteiger partial charge in [0.25, 0.3) is 0 Å². The summed E-state index contributed by atoms with van der Waals surface area (Å²) in [6.07, 6.45) is -1.45. The lowest BCUT2D eigenvalue weighted by molar-refractivity contribution is -0.152. The lowest BCUT2D eigenvalue weighted by Gasteiger charge is -2.45. The molecule has 1 saturated heterocycles. The molecule has 0 aromatic heterocycles. The van der Waals surface area contributed by atoms with Crippen LogP contribution in [0.15, 0.2) is 71.9 Å². The molecule has 1 unspecified atom stereocenters. The van der Waals surface area contributed by atoms with Crippen LogP contribution in [-0.2, 0) is 23.9 Å². The van der Waals surface area contributed by atoms with Gasteiger partial charge >= 0.3 is 11.9 Å². The van der Waals surface area contributed by atoms with Crippen LogP contribution in [-0.4, -0.2) is 40.1 Å². The number of hydrogen-bond donors (Lipinski definition) is 1. The van der Waals surface area contributed by atoms with Gasteiger partial charge in [0.05, 0.1) is 11.8 Å². The number of carbonyl (C=O) groups excluding carboxylic acids is 3.